The van der Waals surface area contributed by atoms with Gasteiger partial charge >= 0.3 is 0 Å². The molecule has 94 valence electrons. The molecule has 3 unspecified atom stereocenters. The van der Waals surface area contributed by atoms with Gasteiger partial charge in [-0.3, -0.25) is 4.79 Å². The number of anilines is 1. The standard InChI is InChI=1S/C15H16BrNO/c16-15(12-5-9-4-10(9)6-12)8-1-2-13-11(3-8)7-14(18)17-13/h1-3,9-10,12,15H,4-7H2,(H,17,18). The number of carbonyl (C=O) groups is 1. The van der Waals surface area contributed by atoms with Crippen LogP contribution in [0, 0.1) is 17.8 Å². The number of amides is 1. The van der Waals surface area contributed by atoms with E-state index in [9.17, 15) is 4.79 Å². The van der Waals surface area contributed by atoms with E-state index in [1.54, 1.807) is 0 Å². The van der Waals surface area contributed by atoms with Gasteiger partial charge in [-0.25, -0.2) is 0 Å². The lowest BCUT2D eigenvalue weighted by Gasteiger charge is -2.20. The molecule has 1 amide bonds. The van der Waals surface area contributed by atoms with Crippen LogP contribution in [0.15, 0.2) is 18.2 Å². The highest BCUT2D eigenvalue weighted by atomic mass is 79.9. The van der Waals surface area contributed by atoms with Crippen molar-refractivity contribution in [3.05, 3.63) is 29.3 Å². The van der Waals surface area contributed by atoms with Gasteiger partial charge in [0.15, 0.2) is 0 Å². The molecular formula is C15H16BrNO. The first-order valence-corrected chi connectivity index (χ1v) is 7.69. The molecule has 3 atom stereocenters. The smallest absolute Gasteiger partial charge is 0.228 e. The zero-order valence-electron chi connectivity index (χ0n) is 10.2. The molecule has 2 nitrogen and oxygen atoms in total. The summed E-state index contributed by atoms with van der Waals surface area (Å²) in [6.07, 6.45) is 4.78. The molecular weight excluding hydrogens is 290 g/mol. The number of hydrogen-bond acceptors (Lipinski definition) is 1. The van der Waals surface area contributed by atoms with E-state index >= 15 is 0 Å². The highest BCUT2D eigenvalue weighted by Crippen LogP contribution is 2.58. The fraction of sp³-hybridized carbons (Fsp3) is 0.533. The van der Waals surface area contributed by atoms with E-state index in [2.05, 4.69) is 39.4 Å². The van der Waals surface area contributed by atoms with Crippen LogP contribution in [0.3, 0.4) is 0 Å². The van der Waals surface area contributed by atoms with Crippen molar-refractivity contribution in [1.29, 1.82) is 0 Å². The summed E-state index contributed by atoms with van der Waals surface area (Å²) in [4.78, 5) is 11.8. The normalized spacial score (nSPS) is 33.8. The average Bonchev–Trinajstić information content (AvgIpc) is 2.82. The van der Waals surface area contributed by atoms with E-state index < -0.39 is 0 Å². The van der Waals surface area contributed by atoms with Gasteiger partial charge < -0.3 is 5.32 Å². The van der Waals surface area contributed by atoms with Crippen molar-refractivity contribution in [2.24, 2.45) is 17.8 Å². The third kappa shape index (κ3) is 1.71. The summed E-state index contributed by atoms with van der Waals surface area (Å²) >= 11 is 3.88. The summed E-state index contributed by atoms with van der Waals surface area (Å²) in [7, 11) is 0. The Hall–Kier alpha value is -0.830. The van der Waals surface area contributed by atoms with Crippen molar-refractivity contribution in [1.82, 2.24) is 0 Å². The van der Waals surface area contributed by atoms with Crippen LogP contribution >= 0.6 is 15.9 Å². The van der Waals surface area contributed by atoms with E-state index in [4.69, 9.17) is 0 Å². The Balaban J connectivity index is 1.57. The SMILES string of the molecule is O=C1Cc2cc(C(Br)C3CC4CC4C3)ccc2N1. The molecule has 0 radical (unpaired) electrons. The zero-order valence-corrected chi connectivity index (χ0v) is 11.7. The lowest BCUT2D eigenvalue weighted by Crippen LogP contribution is -2.05. The molecule has 0 aromatic heterocycles. The Morgan fingerprint density at radius 1 is 1.22 bits per heavy atom. The number of hydrogen-bond donors (Lipinski definition) is 1. The summed E-state index contributed by atoms with van der Waals surface area (Å²) < 4.78 is 0. The van der Waals surface area contributed by atoms with Gasteiger partial charge in [0.2, 0.25) is 5.91 Å². The minimum Gasteiger partial charge on any atom is -0.326 e. The van der Waals surface area contributed by atoms with Crippen LogP contribution in [0.5, 0.6) is 0 Å². The van der Waals surface area contributed by atoms with Crippen LogP contribution in [0.4, 0.5) is 5.69 Å². The van der Waals surface area contributed by atoms with Gasteiger partial charge in [0.1, 0.15) is 0 Å². The predicted octanol–water partition coefficient (Wildman–Crippen LogP) is 3.66. The highest BCUT2D eigenvalue weighted by molar-refractivity contribution is 9.09. The molecule has 2 aliphatic carbocycles. The van der Waals surface area contributed by atoms with Crippen LogP contribution in [-0.2, 0) is 11.2 Å². The highest BCUT2D eigenvalue weighted by Gasteiger charge is 2.47. The molecule has 1 aliphatic heterocycles. The maximum Gasteiger partial charge on any atom is 0.228 e. The van der Waals surface area contributed by atoms with E-state index in [-0.39, 0.29) is 5.91 Å². The van der Waals surface area contributed by atoms with Crippen molar-refractivity contribution in [3.8, 4) is 0 Å². The number of alkyl halides is 1. The molecule has 0 saturated heterocycles. The minimum absolute atomic E-state index is 0.121. The first kappa shape index (κ1) is 11.0. The lowest BCUT2D eigenvalue weighted by atomic mass is 9.93. The van der Waals surface area contributed by atoms with Crippen molar-refractivity contribution < 1.29 is 4.79 Å². The van der Waals surface area contributed by atoms with Gasteiger partial charge in [0.05, 0.1) is 6.42 Å². The monoisotopic (exact) mass is 305 g/mol. The summed E-state index contributed by atoms with van der Waals surface area (Å²) in [5, 5.41) is 2.89. The summed E-state index contributed by atoms with van der Waals surface area (Å²) in [5.41, 5.74) is 3.50. The van der Waals surface area contributed by atoms with Gasteiger partial charge in [0.25, 0.3) is 0 Å². The topological polar surface area (TPSA) is 29.1 Å². The molecule has 1 heterocycles. The lowest BCUT2D eigenvalue weighted by molar-refractivity contribution is -0.115. The fourth-order valence-corrected chi connectivity index (χ4v) is 4.41. The summed E-state index contributed by atoms with van der Waals surface area (Å²) in [6.45, 7) is 0. The first-order valence-electron chi connectivity index (χ1n) is 6.77. The number of halogens is 1. The number of rotatable bonds is 2. The summed E-state index contributed by atoms with van der Waals surface area (Å²) in [5.74, 6) is 2.95. The second kappa shape index (κ2) is 3.83. The molecule has 0 spiro atoms. The molecule has 1 aromatic rings. The second-order valence-corrected chi connectivity index (χ2v) is 7.02. The minimum atomic E-state index is 0.121. The number of nitrogens with one attached hydrogen (secondary N) is 1. The second-order valence-electron chi connectivity index (χ2n) is 6.03. The summed E-state index contributed by atoms with van der Waals surface area (Å²) in [6, 6.07) is 6.42. The number of fused-ring (bicyclic) bond motifs is 2. The first-order chi connectivity index (χ1) is 8.70. The molecule has 4 rings (SSSR count). The molecule has 18 heavy (non-hydrogen) atoms. The molecule has 1 N–H and O–H groups in total. The molecule has 2 saturated carbocycles. The number of carbonyl (C=O) groups excluding carboxylic acids is 1. The van der Waals surface area contributed by atoms with Crippen LogP contribution in [0.2, 0.25) is 0 Å². The molecule has 3 heteroatoms. The van der Waals surface area contributed by atoms with Crippen LogP contribution in [-0.4, -0.2) is 5.91 Å². The predicted molar refractivity (Wildman–Crippen MR) is 74.8 cm³/mol. The van der Waals surface area contributed by atoms with Crippen molar-refractivity contribution in [2.45, 2.75) is 30.5 Å². The molecule has 3 aliphatic rings. The van der Waals surface area contributed by atoms with Gasteiger partial charge in [-0.1, -0.05) is 28.1 Å². The van der Waals surface area contributed by atoms with Crippen LogP contribution in [0.1, 0.15) is 35.2 Å². The molecule has 0 bridgehead atoms. The van der Waals surface area contributed by atoms with Gasteiger partial charge in [0, 0.05) is 10.5 Å². The third-order valence-corrected chi connectivity index (χ3v) is 6.04. The Morgan fingerprint density at radius 2 is 2.00 bits per heavy atom. The van der Waals surface area contributed by atoms with Crippen LogP contribution in [0.25, 0.3) is 0 Å². The molecule has 2 fully saturated rings. The van der Waals surface area contributed by atoms with Crippen molar-refractivity contribution in [2.75, 3.05) is 5.32 Å². The third-order valence-electron chi connectivity index (χ3n) is 4.77. The van der Waals surface area contributed by atoms with E-state index in [0.717, 1.165) is 29.0 Å². The van der Waals surface area contributed by atoms with Gasteiger partial charge in [-0.05, 0) is 54.2 Å². The fourth-order valence-electron chi connectivity index (χ4n) is 3.69. The Kier molecular flexibility index (Phi) is 2.35. The Labute approximate surface area is 115 Å². The van der Waals surface area contributed by atoms with Gasteiger partial charge in [-0.15, -0.1) is 0 Å². The van der Waals surface area contributed by atoms with Crippen molar-refractivity contribution in [3.63, 3.8) is 0 Å². The van der Waals surface area contributed by atoms with Crippen molar-refractivity contribution >= 4 is 27.5 Å². The quantitative estimate of drug-likeness (QED) is 0.830. The maximum absolute atomic E-state index is 11.4. The Bertz CT molecular complexity index is 517. The van der Waals surface area contributed by atoms with E-state index in [1.807, 2.05) is 0 Å². The Morgan fingerprint density at radius 3 is 2.78 bits per heavy atom. The average molecular weight is 306 g/mol. The largest absolute Gasteiger partial charge is 0.326 e. The van der Waals surface area contributed by atoms with Crippen LogP contribution < -0.4 is 5.32 Å². The zero-order chi connectivity index (χ0) is 12.3. The van der Waals surface area contributed by atoms with E-state index in [1.165, 1.54) is 24.8 Å². The molecule has 1 aromatic carbocycles. The van der Waals surface area contributed by atoms with Gasteiger partial charge in [-0.2, -0.15) is 0 Å². The van der Waals surface area contributed by atoms with E-state index in [0.29, 0.717) is 11.2 Å². The number of benzene rings is 1. The maximum atomic E-state index is 11.4.